The van der Waals surface area contributed by atoms with Gasteiger partial charge in [-0.3, -0.25) is 9.69 Å². The van der Waals surface area contributed by atoms with Crippen LogP contribution in [0, 0.1) is 0 Å². The standard InChI is InChI=1S/C12H15BrN2O3/c13-9-1-2-11(16)8(5-9)7-15-4-3-14-6-10(15)12(17)18/h1-2,5,10,14,16H,3-4,6-7H2,(H,17,18). The van der Waals surface area contributed by atoms with Crippen molar-refractivity contribution >= 4 is 21.9 Å². The minimum absolute atomic E-state index is 0.195. The van der Waals surface area contributed by atoms with Gasteiger partial charge in [-0.2, -0.15) is 0 Å². The highest BCUT2D eigenvalue weighted by Crippen LogP contribution is 2.24. The number of nitrogens with zero attached hydrogens (tertiary/aromatic N) is 1. The Hall–Kier alpha value is -1.11. The molecule has 0 aromatic heterocycles. The van der Waals surface area contributed by atoms with Gasteiger partial charge >= 0.3 is 5.97 Å². The minimum atomic E-state index is -0.836. The lowest BCUT2D eigenvalue weighted by Crippen LogP contribution is -2.54. The van der Waals surface area contributed by atoms with Crippen LogP contribution in [0.2, 0.25) is 0 Å². The molecule has 1 aliphatic heterocycles. The molecule has 1 atom stereocenters. The maximum Gasteiger partial charge on any atom is 0.322 e. The Bertz CT molecular complexity index is 453. The molecular weight excluding hydrogens is 300 g/mol. The lowest BCUT2D eigenvalue weighted by atomic mass is 10.1. The Morgan fingerprint density at radius 1 is 1.56 bits per heavy atom. The number of benzene rings is 1. The maximum atomic E-state index is 11.2. The fraction of sp³-hybridized carbons (Fsp3) is 0.417. The Labute approximate surface area is 114 Å². The van der Waals surface area contributed by atoms with Gasteiger partial charge in [0, 0.05) is 36.2 Å². The normalized spacial score (nSPS) is 20.8. The third-order valence-electron chi connectivity index (χ3n) is 3.05. The average molecular weight is 315 g/mol. The number of phenolic OH excluding ortho intramolecular Hbond substituents is 1. The van der Waals surface area contributed by atoms with E-state index in [0.717, 1.165) is 16.6 Å². The highest BCUT2D eigenvalue weighted by molar-refractivity contribution is 9.10. The van der Waals surface area contributed by atoms with Gasteiger partial charge in [0.2, 0.25) is 0 Å². The van der Waals surface area contributed by atoms with Crippen LogP contribution >= 0.6 is 15.9 Å². The molecule has 1 aromatic rings. The van der Waals surface area contributed by atoms with Crippen molar-refractivity contribution in [2.75, 3.05) is 19.6 Å². The number of hydrogen-bond acceptors (Lipinski definition) is 4. The van der Waals surface area contributed by atoms with Crippen LogP contribution < -0.4 is 5.32 Å². The van der Waals surface area contributed by atoms with Crippen LogP contribution in [0.5, 0.6) is 5.75 Å². The number of carboxylic acids is 1. The number of phenols is 1. The number of piperazine rings is 1. The molecule has 0 aliphatic carbocycles. The Morgan fingerprint density at radius 3 is 3.06 bits per heavy atom. The van der Waals surface area contributed by atoms with E-state index in [1.807, 2.05) is 11.0 Å². The number of hydrogen-bond donors (Lipinski definition) is 3. The van der Waals surface area contributed by atoms with Crippen LogP contribution in [-0.4, -0.2) is 46.8 Å². The van der Waals surface area contributed by atoms with Crippen molar-refractivity contribution < 1.29 is 15.0 Å². The Kier molecular flexibility index (Phi) is 4.21. The molecule has 1 heterocycles. The number of carbonyl (C=O) groups is 1. The van der Waals surface area contributed by atoms with Crippen LogP contribution in [0.3, 0.4) is 0 Å². The summed E-state index contributed by atoms with van der Waals surface area (Å²) in [4.78, 5) is 13.0. The van der Waals surface area contributed by atoms with Crippen molar-refractivity contribution in [1.29, 1.82) is 0 Å². The smallest absolute Gasteiger partial charge is 0.322 e. The summed E-state index contributed by atoms with van der Waals surface area (Å²) in [6.07, 6.45) is 0. The average Bonchev–Trinajstić information content (AvgIpc) is 2.34. The van der Waals surface area contributed by atoms with Crippen LogP contribution in [0.25, 0.3) is 0 Å². The van der Waals surface area contributed by atoms with Crippen molar-refractivity contribution in [2.45, 2.75) is 12.6 Å². The summed E-state index contributed by atoms with van der Waals surface area (Å²) in [6, 6.07) is 4.64. The summed E-state index contributed by atoms with van der Waals surface area (Å²) in [5.74, 6) is -0.641. The van der Waals surface area contributed by atoms with E-state index < -0.39 is 12.0 Å². The van der Waals surface area contributed by atoms with E-state index >= 15 is 0 Å². The molecular formula is C12H15BrN2O3. The number of rotatable bonds is 3. The van der Waals surface area contributed by atoms with Gasteiger partial charge in [0.05, 0.1) is 0 Å². The molecule has 0 saturated carbocycles. The fourth-order valence-corrected chi connectivity index (χ4v) is 2.49. The first kappa shape index (κ1) is 13.3. The van der Waals surface area contributed by atoms with Crippen LogP contribution in [0.15, 0.2) is 22.7 Å². The topological polar surface area (TPSA) is 72.8 Å². The van der Waals surface area contributed by atoms with E-state index in [0.29, 0.717) is 19.6 Å². The lowest BCUT2D eigenvalue weighted by molar-refractivity contribution is -0.144. The zero-order valence-corrected chi connectivity index (χ0v) is 11.4. The first-order valence-electron chi connectivity index (χ1n) is 5.73. The first-order valence-corrected chi connectivity index (χ1v) is 6.52. The van der Waals surface area contributed by atoms with Gasteiger partial charge in [-0.1, -0.05) is 15.9 Å². The van der Waals surface area contributed by atoms with E-state index in [4.69, 9.17) is 5.11 Å². The zero-order chi connectivity index (χ0) is 13.1. The molecule has 0 bridgehead atoms. The van der Waals surface area contributed by atoms with Crippen molar-refractivity contribution in [2.24, 2.45) is 0 Å². The number of aliphatic carboxylic acids is 1. The molecule has 1 saturated heterocycles. The fourth-order valence-electron chi connectivity index (χ4n) is 2.08. The SMILES string of the molecule is O=C(O)C1CNCCN1Cc1cc(Br)ccc1O. The summed E-state index contributed by atoms with van der Waals surface area (Å²) < 4.78 is 0.873. The third-order valence-corrected chi connectivity index (χ3v) is 3.55. The monoisotopic (exact) mass is 314 g/mol. The van der Waals surface area contributed by atoms with Gasteiger partial charge < -0.3 is 15.5 Å². The van der Waals surface area contributed by atoms with Gasteiger partial charge in [0.25, 0.3) is 0 Å². The quantitative estimate of drug-likeness (QED) is 0.776. The molecule has 0 amide bonds. The number of carboxylic acid groups (broad SMARTS) is 1. The molecule has 1 unspecified atom stereocenters. The second-order valence-electron chi connectivity index (χ2n) is 4.30. The van der Waals surface area contributed by atoms with E-state index in [-0.39, 0.29) is 5.75 Å². The Balaban J connectivity index is 2.15. The van der Waals surface area contributed by atoms with E-state index in [9.17, 15) is 9.90 Å². The number of halogens is 1. The highest BCUT2D eigenvalue weighted by Gasteiger charge is 2.28. The maximum absolute atomic E-state index is 11.2. The Morgan fingerprint density at radius 2 is 2.33 bits per heavy atom. The van der Waals surface area contributed by atoms with Gasteiger partial charge in [0.15, 0.2) is 0 Å². The van der Waals surface area contributed by atoms with E-state index in [1.165, 1.54) is 0 Å². The van der Waals surface area contributed by atoms with Crippen LogP contribution in [-0.2, 0) is 11.3 Å². The summed E-state index contributed by atoms with van der Waals surface area (Å²) in [5.41, 5.74) is 0.734. The zero-order valence-electron chi connectivity index (χ0n) is 9.77. The molecule has 2 rings (SSSR count). The molecule has 0 radical (unpaired) electrons. The predicted molar refractivity (Wildman–Crippen MR) is 70.5 cm³/mol. The molecule has 18 heavy (non-hydrogen) atoms. The number of aromatic hydroxyl groups is 1. The van der Waals surface area contributed by atoms with Crippen molar-refractivity contribution in [3.8, 4) is 5.75 Å². The van der Waals surface area contributed by atoms with Crippen molar-refractivity contribution in [3.63, 3.8) is 0 Å². The van der Waals surface area contributed by atoms with Gasteiger partial charge in [-0.05, 0) is 18.2 Å². The molecule has 1 aliphatic rings. The van der Waals surface area contributed by atoms with E-state index in [2.05, 4.69) is 21.2 Å². The second-order valence-corrected chi connectivity index (χ2v) is 5.22. The molecule has 3 N–H and O–H groups in total. The van der Waals surface area contributed by atoms with Crippen LogP contribution in [0.1, 0.15) is 5.56 Å². The third kappa shape index (κ3) is 3.01. The summed E-state index contributed by atoms with van der Waals surface area (Å²) in [6.45, 7) is 2.29. The molecule has 1 fully saturated rings. The van der Waals surface area contributed by atoms with Crippen LogP contribution in [0.4, 0.5) is 0 Å². The number of nitrogens with one attached hydrogen (secondary N) is 1. The summed E-state index contributed by atoms with van der Waals surface area (Å²) in [7, 11) is 0. The highest BCUT2D eigenvalue weighted by atomic mass is 79.9. The van der Waals surface area contributed by atoms with Crippen molar-refractivity contribution in [1.82, 2.24) is 10.2 Å². The predicted octanol–water partition coefficient (Wildman–Crippen LogP) is 1.01. The van der Waals surface area contributed by atoms with Gasteiger partial charge in [-0.15, -0.1) is 0 Å². The molecule has 5 nitrogen and oxygen atoms in total. The summed E-state index contributed by atoms with van der Waals surface area (Å²) >= 11 is 3.35. The molecule has 0 spiro atoms. The lowest BCUT2D eigenvalue weighted by Gasteiger charge is -2.33. The molecule has 6 heteroatoms. The van der Waals surface area contributed by atoms with Gasteiger partial charge in [0.1, 0.15) is 11.8 Å². The van der Waals surface area contributed by atoms with E-state index in [1.54, 1.807) is 12.1 Å². The second kappa shape index (κ2) is 5.69. The van der Waals surface area contributed by atoms with Crippen molar-refractivity contribution in [3.05, 3.63) is 28.2 Å². The largest absolute Gasteiger partial charge is 0.508 e. The molecule has 1 aromatic carbocycles. The minimum Gasteiger partial charge on any atom is -0.508 e. The van der Waals surface area contributed by atoms with Gasteiger partial charge in [-0.25, -0.2) is 0 Å². The summed E-state index contributed by atoms with van der Waals surface area (Å²) in [5, 5.41) is 22.0. The molecule has 98 valence electrons. The first-order chi connectivity index (χ1) is 8.58.